The minimum Gasteiger partial charge on any atom is -0.444 e. The zero-order chi connectivity index (χ0) is 34.6. The van der Waals surface area contributed by atoms with E-state index < -0.39 is 29.6 Å². The molecule has 4 aromatic rings. The van der Waals surface area contributed by atoms with E-state index in [0.717, 1.165) is 16.7 Å². The van der Waals surface area contributed by atoms with Gasteiger partial charge in [0.1, 0.15) is 5.60 Å². The second-order valence-electron chi connectivity index (χ2n) is 13.6. The van der Waals surface area contributed by atoms with Crippen LogP contribution in [-0.4, -0.2) is 70.4 Å². The van der Waals surface area contributed by atoms with Gasteiger partial charge in [0.05, 0.1) is 22.6 Å². The van der Waals surface area contributed by atoms with E-state index in [1.54, 1.807) is 30.6 Å². The number of carbonyl (C=O) groups is 3. The van der Waals surface area contributed by atoms with Crippen molar-refractivity contribution >= 4 is 40.4 Å². The molecule has 13 nitrogen and oxygen atoms in total. The molecule has 0 saturated heterocycles. The first-order chi connectivity index (χ1) is 22.8. The van der Waals surface area contributed by atoms with Gasteiger partial charge in [-0.3, -0.25) is 24.6 Å². The number of H-pyrrole nitrogens is 2. The molecule has 2 aromatic heterocycles. The lowest BCUT2D eigenvalue weighted by Crippen LogP contribution is -2.50. The van der Waals surface area contributed by atoms with Crippen LogP contribution >= 0.6 is 0 Å². The van der Waals surface area contributed by atoms with Crippen LogP contribution < -0.4 is 26.4 Å². The molecule has 1 fully saturated rings. The first-order valence-corrected chi connectivity index (χ1v) is 16.2. The van der Waals surface area contributed by atoms with Crippen LogP contribution in [0.15, 0.2) is 59.7 Å². The molecule has 5 N–H and O–H groups in total. The molecule has 0 radical (unpaired) electrons. The maximum atomic E-state index is 14.1. The van der Waals surface area contributed by atoms with Crippen molar-refractivity contribution in [2.45, 2.75) is 64.5 Å². The number of nitrogens with one attached hydrogen (secondary N) is 3. The van der Waals surface area contributed by atoms with Crippen molar-refractivity contribution in [2.24, 2.45) is 17.6 Å². The Morgan fingerprint density at radius 3 is 2.38 bits per heavy atom. The molecule has 1 saturated carbocycles. The number of aromatic amines is 2. The van der Waals surface area contributed by atoms with Gasteiger partial charge < -0.3 is 20.7 Å². The molecular weight excluding hydrogens is 612 g/mol. The second-order valence-corrected chi connectivity index (χ2v) is 13.6. The summed E-state index contributed by atoms with van der Waals surface area (Å²) in [5.41, 5.74) is 9.01. The van der Waals surface area contributed by atoms with E-state index in [2.05, 4.69) is 25.5 Å². The van der Waals surface area contributed by atoms with Crippen molar-refractivity contribution in [1.82, 2.24) is 25.5 Å². The molecule has 0 unspecified atom stereocenters. The molecule has 1 aliphatic carbocycles. The molecule has 254 valence electrons. The third-order valence-electron chi connectivity index (χ3n) is 8.46. The summed E-state index contributed by atoms with van der Waals surface area (Å²) in [5, 5.41) is 8.60. The highest BCUT2D eigenvalue weighted by molar-refractivity contribution is 6.17. The van der Waals surface area contributed by atoms with Crippen LogP contribution in [0.3, 0.4) is 0 Å². The summed E-state index contributed by atoms with van der Waals surface area (Å²) in [6, 6.07) is 11.4. The highest BCUT2D eigenvalue weighted by Crippen LogP contribution is 2.32. The molecule has 3 amide bonds. The Labute approximate surface area is 279 Å². The lowest BCUT2D eigenvalue weighted by Gasteiger charge is -2.32. The van der Waals surface area contributed by atoms with E-state index in [4.69, 9.17) is 10.5 Å². The number of benzene rings is 2. The largest absolute Gasteiger partial charge is 0.444 e. The Kier molecular flexibility index (Phi) is 10.3. The molecule has 1 atom stereocenters. The minimum atomic E-state index is -1.02. The monoisotopic (exact) mass is 656 g/mol. The molecular formula is C35H44N8O5. The Hall–Kier alpha value is -5.04. The molecule has 5 rings (SSSR count). The third kappa shape index (κ3) is 8.26. The quantitative estimate of drug-likeness (QED) is 0.206. The highest BCUT2D eigenvalue weighted by Gasteiger charge is 2.35. The van der Waals surface area contributed by atoms with Crippen LogP contribution in [0.2, 0.25) is 0 Å². The number of hydrogen-bond donors (Lipinski definition) is 4. The molecule has 1 aliphatic rings. The van der Waals surface area contributed by atoms with Crippen molar-refractivity contribution in [1.29, 1.82) is 0 Å². The van der Waals surface area contributed by atoms with Crippen molar-refractivity contribution in [2.75, 3.05) is 30.4 Å². The van der Waals surface area contributed by atoms with E-state index in [1.165, 1.54) is 4.90 Å². The van der Waals surface area contributed by atoms with E-state index >= 15 is 0 Å². The van der Waals surface area contributed by atoms with Crippen molar-refractivity contribution in [3.05, 3.63) is 70.8 Å². The van der Waals surface area contributed by atoms with E-state index in [-0.39, 0.29) is 23.8 Å². The van der Waals surface area contributed by atoms with Gasteiger partial charge in [0.2, 0.25) is 11.9 Å². The van der Waals surface area contributed by atoms with Crippen LogP contribution in [-0.2, 0) is 20.7 Å². The van der Waals surface area contributed by atoms with Gasteiger partial charge >= 0.3 is 6.09 Å². The molecule has 2 aromatic carbocycles. The molecule has 0 bridgehead atoms. The molecule has 0 aliphatic heterocycles. The minimum absolute atomic E-state index is 0.186. The Morgan fingerprint density at radius 2 is 1.71 bits per heavy atom. The van der Waals surface area contributed by atoms with Gasteiger partial charge in [-0.05, 0) is 88.1 Å². The van der Waals surface area contributed by atoms with E-state index in [9.17, 15) is 19.2 Å². The number of imide groups is 1. The predicted molar refractivity (Wildman–Crippen MR) is 185 cm³/mol. The number of rotatable bonds is 9. The first kappa shape index (κ1) is 34.3. The number of ether oxygens (including phenoxy) is 1. The van der Waals surface area contributed by atoms with E-state index in [0.29, 0.717) is 54.8 Å². The number of nitrogens with two attached hydrogens (primary N) is 1. The summed E-state index contributed by atoms with van der Waals surface area (Å²) >= 11 is 0. The fraction of sp³-hybridized carbons (Fsp3) is 0.429. The average molecular weight is 657 g/mol. The number of fused-ring (bicyclic) bond motifs is 1. The number of anilines is 2. The van der Waals surface area contributed by atoms with Gasteiger partial charge in [-0.25, -0.2) is 19.7 Å². The van der Waals surface area contributed by atoms with Gasteiger partial charge in [-0.1, -0.05) is 24.3 Å². The Balaban J connectivity index is 1.32. The summed E-state index contributed by atoms with van der Waals surface area (Å²) in [4.78, 5) is 64.3. The van der Waals surface area contributed by atoms with Crippen molar-refractivity contribution in [3.8, 4) is 11.1 Å². The zero-order valence-corrected chi connectivity index (χ0v) is 28.1. The van der Waals surface area contributed by atoms with Gasteiger partial charge in [0.15, 0.2) is 0 Å². The fourth-order valence-corrected chi connectivity index (χ4v) is 5.95. The number of alkyl carbamates (subject to hydrolysis) is 1. The van der Waals surface area contributed by atoms with Crippen LogP contribution in [0.5, 0.6) is 0 Å². The van der Waals surface area contributed by atoms with Crippen LogP contribution in [0, 0.1) is 11.8 Å². The smallest absolute Gasteiger partial charge is 0.407 e. The average Bonchev–Trinajstić information content (AvgIpc) is 3.43. The molecule has 13 heteroatoms. The summed E-state index contributed by atoms with van der Waals surface area (Å²) < 4.78 is 5.34. The molecule has 0 spiro atoms. The van der Waals surface area contributed by atoms with Gasteiger partial charge in [-0.2, -0.15) is 0 Å². The highest BCUT2D eigenvalue weighted by atomic mass is 16.6. The predicted octanol–water partition coefficient (Wildman–Crippen LogP) is 4.14. The zero-order valence-electron chi connectivity index (χ0n) is 28.1. The standard InChI is InChI=1S/C35H44N8O5/c1-35(2,3)48-34(47)39-18-21-9-11-23(12-10-21)31(45)43(26-13-14-27-29(17-26)40-41-30(27)44)32(46)28(36)16-22-7-6-8-24(15-22)25-19-37-33(38-20-25)42(4)5/h6-8,13-15,17,19-21,23,28H,9-12,16,18,36H2,1-5H3,(H,39,47)(H2,40,41,44)/t21-,23-,28-/m0/s1. The normalized spacial score (nSPS) is 17.0. The number of amides is 3. The van der Waals surface area contributed by atoms with Crippen molar-refractivity contribution < 1.29 is 19.1 Å². The van der Waals surface area contributed by atoms with Crippen LogP contribution in [0.4, 0.5) is 16.4 Å². The SMILES string of the molecule is CN(C)c1ncc(-c2cccc(C[C@H](N)C(=O)N(c3ccc4c(=O)[nH][nH]c4c3)C(=O)[C@H]3CC[C@H](CNC(=O)OC(C)(C)C)CC3)c2)cn1. The number of aromatic nitrogens is 4. The fourth-order valence-electron chi connectivity index (χ4n) is 5.95. The summed E-state index contributed by atoms with van der Waals surface area (Å²) in [6.07, 6.45) is 5.74. The van der Waals surface area contributed by atoms with Crippen LogP contribution in [0.25, 0.3) is 22.0 Å². The maximum absolute atomic E-state index is 14.1. The number of carbonyl (C=O) groups excluding carboxylic acids is 3. The topological polar surface area (TPSA) is 179 Å². The summed E-state index contributed by atoms with van der Waals surface area (Å²) in [5.74, 6) is -0.493. The lowest BCUT2D eigenvalue weighted by atomic mass is 9.81. The Bertz CT molecular complexity index is 1820. The summed E-state index contributed by atoms with van der Waals surface area (Å²) in [6.45, 7) is 5.88. The number of nitrogens with zero attached hydrogens (tertiary/aromatic N) is 4. The van der Waals surface area contributed by atoms with Gasteiger partial charge in [0.25, 0.3) is 11.5 Å². The van der Waals surface area contributed by atoms with E-state index in [1.807, 2.05) is 64.0 Å². The van der Waals surface area contributed by atoms with Gasteiger partial charge in [-0.15, -0.1) is 0 Å². The second kappa shape index (κ2) is 14.4. The number of hydrogen-bond acceptors (Lipinski definition) is 9. The van der Waals surface area contributed by atoms with Crippen LogP contribution in [0.1, 0.15) is 52.0 Å². The first-order valence-electron chi connectivity index (χ1n) is 16.2. The third-order valence-corrected chi connectivity index (χ3v) is 8.46. The molecule has 2 heterocycles. The van der Waals surface area contributed by atoms with Crippen molar-refractivity contribution in [3.63, 3.8) is 0 Å². The molecule has 48 heavy (non-hydrogen) atoms. The maximum Gasteiger partial charge on any atom is 0.407 e. The van der Waals surface area contributed by atoms with Gasteiger partial charge in [0, 0.05) is 44.5 Å². The lowest BCUT2D eigenvalue weighted by molar-refractivity contribution is -0.130. The Morgan fingerprint density at radius 1 is 1.00 bits per heavy atom. The summed E-state index contributed by atoms with van der Waals surface area (Å²) in [7, 11) is 3.74.